The van der Waals surface area contributed by atoms with Gasteiger partial charge in [0.1, 0.15) is 12.6 Å². The van der Waals surface area contributed by atoms with E-state index in [1.165, 1.54) is 11.1 Å². The minimum atomic E-state index is 0.428. The van der Waals surface area contributed by atoms with Gasteiger partial charge in [-0.15, -0.1) is 0 Å². The number of ether oxygens (including phenoxy) is 2. The van der Waals surface area contributed by atoms with Crippen LogP contribution in [-0.2, 0) is 6.54 Å². The number of benzene rings is 2. The number of rotatable bonds is 6. The monoisotopic (exact) mass is 398 g/mol. The van der Waals surface area contributed by atoms with Gasteiger partial charge in [-0.05, 0) is 41.6 Å². The summed E-state index contributed by atoms with van der Waals surface area (Å²) in [6.45, 7) is 3.13. The van der Waals surface area contributed by atoms with Crippen LogP contribution in [0.15, 0.2) is 42.5 Å². The molecule has 2 N–H and O–H groups in total. The molecule has 0 unspecified atom stereocenters. The van der Waals surface area contributed by atoms with Crippen LogP contribution in [0.1, 0.15) is 24.1 Å². The zero-order chi connectivity index (χ0) is 15.2. The third-order valence-corrected chi connectivity index (χ3v) is 4.33. The fourth-order valence-corrected chi connectivity index (χ4v) is 3.18. The molecule has 0 amide bonds. The molecule has 3 nitrogen and oxygen atoms in total. The average Bonchev–Trinajstić information content (AvgIpc) is 2.52. The van der Waals surface area contributed by atoms with E-state index in [0.717, 1.165) is 21.6 Å². The first-order valence-electron chi connectivity index (χ1n) is 6.94. The van der Waals surface area contributed by atoms with Crippen molar-refractivity contribution in [3.63, 3.8) is 0 Å². The van der Waals surface area contributed by atoms with Crippen LogP contribution in [0.4, 0.5) is 0 Å². The number of methoxy groups -OCH3 is 2. The van der Waals surface area contributed by atoms with Crippen LogP contribution in [0, 0.1) is 3.57 Å². The normalized spacial score (nSPS) is 12.0. The predicted molar refractivity (Wildman–Crippen MR) is 92.7 cm³/mol. The number of hydrogen-bond donors (Lipinski definition) is 1. The minimum Gasteiger partial charge on any atom is -0.493 e. The summed E-state index contributed by atoms with van der Waals surface area (Å²) in [7, 11) is 3.34. The molecule has 0 bridgehead atoms. The summed E-state index contributed by atoms with van der Waals surface area (Å²) in [4.78, 5) is 0. The van der Waals surface area contributed by atoms with Crippen LogP contribution >= 0.6 is 22.6 Å². The molecule has 2 rings (SSSR count). The standard InChI is InChI=1S/C17H20INO2/c1-12(14-7-5-4-6-8-14)19-11-13-9-15(18)17(21-3)16(10-13)20-2/h4-10,12,19H,11H2,1-3H3/p+1/t12-/m0/s1. The van der Waals surface area contributed by atoms with Gasteiger partial charge in [-0.2, -0.15) is 0 Å². The molecule has 0 heterocycles. The summed E-state index contributed by atoms with van der Waals surface area (Å²) in [5.74, 6) is 1.60. The maximum absolute atomic E-state index is 5.41. The largest absolute Gasteiger partial charge is 0.493 e. The van der Waals surface area contributed by atoms with Crippen molar-refractivity contribution in [2.45, 2.75) is 19.5 Å². The van der Waals surface area contributed by atoms with Crippen molar-refractivity contribution in [3.8, 4) is 11.5 Å². The maximum atomic E-state index is 5.41. The Labute approximate surface area is 139 Å². The molecule has 4 heteroatoms. The SMILES string of the molecule is COc1cc(C[NH2+][C@@H](C)c2ccccc2)cc(I)c1OC. The van der Waals surface area contributed by atoms with Crippen LogP contribution in [0.2, 0.25) is 0 Å². The lowest BCUT2D eigenvalue weighted by atomic mass is 10.1. The van der Waals surface area contributed by atoms with E-state index in [1.54, 1.807) is 14.2 Å². The van der Waals surface area contributed by atoms with Gasteiger partial charge in [0.15, 0.2) is 11.5 Å². The fraction of sp³-hybridized carbons (Fsp3) is 0.294. The second-order valence-corrected chi connectivity index (χ2v) is 6.11. The summed E-state index contributed by atoms with van der Waals surface area (Å²) >= 11 is 2.28. The third-order valence-electron chi connectivity index (χ3n) is 3.53. The maximum Gasteiger partial charge on any atom is 0.174 e. The van der Waals surface area contributed by atoms with E-state index in [9.17, 15) is 0 Å². The van der Waals surface area contributed by atoms with E-state index in [2.05, 4.69) is 71.2 Å². The number of quaternary nitrogens is 1. The summed E-state index contributed by atoms with van der Waals surface area (Å²) in [5, 5.41) is 2.33. The van der Waals surface area contributed by atoms with Gasteiger partial charge < -0.3 is 14.8 Å². The number of hydrogen-bond acceptors (Lipinski definition) is 2. The van der Waals surface area contributed by atoms with E-state index in [1.807, 2.05) is 6.07 Å². The summed E-state index contributed by atoms with van der Waals surface area (Å²) in [5.41, 5.74) is 2.58. The molecule has 0 saturated carbocycles. The summed E-state index contributed by atoms with van der Waals surface area (Å²) in [6, 6.07) is 15.2. The number of nitrogens with two attached hydrogens (primary N) is 1. The van der Waals surface area contributed by atoms with E-state index in [-0.39, 0.29) is 0 Å². The Morgan fingerprint density at radius 1 is 1.10 bits per heavy atom. The zero-order valence-electron chi connectivity index (χ0n) is 12.6. The molecule has 21 heavy (non-hydrogen) atoms. The topological polar surface area (TPSA) is 35.1 Å². The molecule has 0 aliphatic heterocycles. The van der Waals surface area contributed by atoms with E-state index in [4.69, 9.17) is 9.47 Å². The molecule has 0 aliphatic rings. The molecule has 2 aromatic carbocycles. The Balaban J connectivity index is 2.08. The van der Waals surface area contributed by atoms with Crippen molar-refractivity contribution in [1.29, 1.82) is 0 Å². The molecule has 2 aromatic rings. The quantitative estimate of drug-likeness (QED) is 0.759. The highest BCUT2D eigenvalue weighted by Crippen LogP contribution is 2.33. The van der Waals surface area contributed by atoms with Crippen LogP contribution in [-0.4, -0.2) is 14.2 Å². The fourth-order valence-electron chi connectivity index (χ4n) is 2.29. The smallest absolute Gasteiger partial charge is 0.174 e. The lowest BCUT2D eigenvalue weighted by Gasteiger charge is -2.14. The molecule has 0 saturated heterocycles. The molecule has 0 aliphatic carbocycles. The summed E-state index contributed by atoms with van der Waals surface area (Å²) < 4.78 is 11.9. The first kappa shape index (κ1) is 16.1. The van der Waals surface area contributed by atoms with Gasteiger partial charge in [0.05, 0.1) is 17.8 Å². The van der Waals surface area contributed by atoms with Gasteiger partial charge in [0.25, 0.3) is 0 Å². The first-order valence-corrected chi connectivity index (χ1v) is 8.02. The Hall–Kier alpha value is -1.27. The van der Waals surface area contributed by atoms with Crippen LogP contribution in [0.5, 0.6) is 11.5 Å². The van der Waals surface area contributed by atoms with Crippen molar-refractivity contribution in [1.82, 2.24) is 0 Å². The molecular formula is C17H21INO2+. The second kappa shape index (κ2) is 7.66. The van der Waals surface area contributed by atoms with E-state index >= 15 is 0 Å². The van der Waals surface area contributed by atoms with Crippen molar-refractivity contribution >= 4 is 22.6 Å². The molecule has 0 fully saturated rings. The van der Waals surface area contributed by atoms with Gasteiger partial charge in [0.2, 0.25) is 0 Å². The molecule has 0 spiro atoms. The minimum absolute atomic E-state index is 0.428. The number of halogens is 1. The zero-order valence-corrected chi connectivity index (χ0v) is 14.8. The van der Waals surface area contributed by atoms with Crippen LogP contribution < -0.4 is 14.8 Å². The Morgan fingerprint density at radius 2 is 1.81 bits per heavy atom. The highest BCUT2D eigenvalue weighted by Gasteiger charge is 2.13. The van der Waals surface area contributed by atoms with Crippen molar-refractivity contribution in [2.24, 2.45) is 0 Å². The van der Waals surface area contributed by atoms with Gasteiger partial charge in [-0.1, -0.05) is 30.3 Å². The predicted octanol–water partition coefficient (Wildman–Crippen LogP) is 3.13. The lowest BCUT2D eigenvalue weighted by molar-refractivity contribution is -0.707. The highest BCUT2D eigenvalue weighted by molar-refractivity contribution is 14.1. The van der Waals surface area contributed by atoms with Crippen LogP contribution in [0.3, 0.4) is 0 Å². The lowest BCUT2D eigenvalue weighted by Crippen LogP contribution is -2.83. The van der Waals surface area contributed by atoms with Gasteiger partial charge in [-0.25, -0.2) is 0 Å². The van der Waals surface area contributed by atoms with Crippen molar-refractivity contribution in [3.05, 3.63) is 57.2 Å². The Bertz CT molecular complexity index is 587. The Morgan fingerprint density at radius 3 is 2.43 bits per heavy atom. The molecule has 0 radical (unpaired) electrons. The van der Waals surface area contributed by atoms with Crippen molar-refractivity contribution < 1.29 is 14.8 Å². The molecule has 112 valence electrons. The van der Waals surface area contributed by atoms with E-state index in [0.29, 0.717) is 6.04 Å². The second-order valence-electron chi connectivity index (χ2n) is 4.95. The molecule has 1 atom stereocenters. The highest BCUT2D eigenvalue weighted by atomic mass is 127. The van der Waals surface area contributed by atoms with Gasteiger partial charge in [0, 0.05) is 11.1 Å². The van der Waals surface area contributed by atoms with E-state index < -0.39 is 0 Å². The molecule has 0 aromatic heterocycles. The van der Waals surface area contributed by atoms with Crippen molar-refractivity contribution in [2.75, 3.05) is 14.2 Å². The summed E-state index contributed by atoms with van der Waals surface area (Å²) in [6.07, 6.45) is 0. The van der Waals surface area contributed by atoms with Crippen LogP contribution in [0.25, 0.3) is 0 Å². The average molecular weight is 398 g/mol. The molecular weight excluding hydrogens is 377 g/mol. The Kier molecular flexibility index (Phi) is 5.87. The van der Waals surface area contributed by atoms with Gasteiger partial charge >= 0.3 is 0 Å². The van der Waals surface area contributed by atoms with Gasteiger partial charge in [-0.3, -0.25) is 0 Å². The third kappa shape index (κ3) is 4.11. The first-order chi connectivity index (χ1) is 10.2.